The molecule has 0 spiro atoms. The number of non-ortho nitro benzene ring substituents is 2. The fourth-order valence-electron chi connectivity index (χ4n) is 16.3. The van der Waals surface area contributed by atoms with Crippen LogP contribution in [-0.4, -0.2) is 69.4 Å². The molecule has 0 aliphatic carbocycles. The van der Waals surface area contributed by atoms with E-state index >= 15 is 9.59 Å². The number of hydrogen-bond acceptors (Lipinski definition) is 14. The first kappa shape index (κ1) is 80.9. The summed E-state index contributed by atoms with van der Waals surface area (Å²) in [5, 5.41) is 30.3. The Kier molecular flexibility index (Phi) is 29.3. The minimum atomic E-state index is -4.33. The van der Waals surface area contributed by atoms with Gasteiger partial charge in [0.05, 0.1) is 58.0 Å². The summed E-state index contributed by atoms with van der Waals surface area (Å²) in [4.78, 5) is 65.2. The predicted molar refractivity (Wildman–Crippen MR) is 439 cm³/mol. The molecule has 0 saturated carbocycles. The number of pyridine rings is 2. The van der Waals surface area contributed by atoms with Gasteiger partial charge in [0.15, 0.2) is 5.52 Å². The van der Waals surface area contributed by atoms with Crippen LogP contribution in [0.1, 0.15) is 291 Å². The van der Waals surface area contributed by atoms with Crippen LogP contribution in [0.2, 0.25) is 0 Å². The summed E-state index contributed by atoms with van der Waals surface area (Å²) < 4.78 is 64.1. The van der Waals surface area contributed by atoms with E-state index < -0.39 is 52.4 Å². The highest BCUT2D eigenvalue weighted by Crippen LogP contribution is 2.51. The molecule has 11 aromatic rings. The highest BCUT2D eigenvalue weighted by Gasteiger charge is 2.34. The van der Waals surface area contributed by atoms with Crippen molar-refractivity contribution in [2.45, 2.75) is 301 Å². The van der Waals surface area contributed by atoms with Crippen molar-refractivity contribution in [3.8, 4) is 0 Å². The Balaban J connectivity index is 0.000000918. The van der Waals surface area contributed by atoms with Crippen LogP contribution in [0.4, 0.5) is 22.7 Å². The van der Waals surface area contributed by atoms with Gasteiger partial charge in [-0.1, -0.05) is 284 Å². The number of nitrogens with one attached hydrogen (secondary N) is 1. The Labute approximate surface area is 625 Å². The minimum absolute atomic E-state index is 0.00939. The second-order valence-electron chi connectivity index (χ2n) is 30.1. The molecule has 0 saturated heterocycles. The van der Waals surface area contributed by atoms with Gasteiger partial charge in [0.2, 0.25) is 20.0 Å². The number of aromatic nitrogens is 4. The fourth-order valence-corrected chi connectivity index (χ4v) is 19.0. The lowest BCUT2D eigenvalue weighted by Gasteiger charge is -2.22. The van der Waals surface area contributed by atoms with E-state index in [-0.39, 0.29) is 90.3 Å². The van der Waals surface area contributed by atoms with Crippen molar-refractivity contribution in [3.63, 3.8) is 0 Å². The molecule has 4 aromatic heterocycles. The SMILES string of the molecule is CCCCCCCCCCCC.CCCCCCCCCCCCNS(=O)(=O)c1cc(N)c2c(c1)nc1c3ccc4c5c(N)cc6c(=O)n7c(nc8cc(S(=O)(=O)N(CCCCCCCCCCCC)CCCCCCCCCCCC)cc([N+](=O)[O-])c87)c7ccc(c8c([N+](=O)[O-])cc(c(=O)n12)c3c48)c5c67. The molecule has 0 atom stereocenters. The Morgan fingerprint density at radius 3 is 1.18 bits per heavy atom. The van der Waals surface area contributed by atoms with Gasteiger partial charge >= 0.3 is 0 Å². The number of anilines is 2. The van der Waals surface area contributed by atoms with E-state index in [1.807, 2.05) is 0 Å². The van der Waals surface area contributed by atoms with E-state index in [1.165, 1.54) is 206 Å². The first-order chi connectivity index (χ1) is 51.4. The van der Waals surface area contributed by atoms with E-state index in [0.717, 1.165) is 81.1 Å². The molecule has 0 fully saturated rings. The van der Waals surface area contributed by atoms with Gasteiger partial charge < -0.3 is 11.5 Å². The van der Waals surface area contributed by atoms with Gasteiger partial charge in [0.25, 0.3) is 22.5 Å². The largest absolute Gasteiger partial charge is 0.398 e. The number of rotatable bonds is 48. The lowest BCUT2D eigenvalue weighted by molar-refractivity contribution is -0.383. The number of unbranched alkanes of at least 4 members (excludes halogenated alkanes) is 36. The molecule has 4 heterocycles. The van der Waals surface area contributed by atoms with Crippen molar-refractivity contribution in [1.82, 2.24) is 27.8 Å². The summed E-state index contributed by atoms with van der Waals surface area (Å²) in [6, 6.07) is 14.5. The zero-order valence-electron chi connectivity index (χ0n) is 63.9. The second-order valence-corrected chi connectivity index (χ2v) is 33.8. The number of nitrogens with two attached hydrogens (primary N) is 2. The molecule has 0 bridgehead atoms. The maximum Gasteiger partial charge on any atom is 0.296 e. The first-order valence-corrected chi connectivity index (χ1v) is 43.6. The molecule has 22 heteroatoms. The Morgan fingerprint density at radius 1 is 0.387 bits per heavy atom. The maximum absolute atomic E-state index is 15.3. The van der Waals surface area contributed by atoms with Gasteiger partial charge in [0, 0.05) is 75.2 Å². The third kappa shape index (κ3) is 18.2. The molecule has 0 radical (unpaired) electrons. The number of fused-ring (bicyclic) bond motifs is 10. The summed E-state index contributed by atoms with van der Waals surface area (Å²) in [7, 11) is -8.39. The summed E-state index contributed by atoms with van der Waals surface area (Å²) in [5.41, 5.74) is 11.5. The monoisotopic (exact) mass is 1490 g/mol. The lowest BCUT2D eigenvalue weighted by Crippen LogP contribution is -2.33. The highest BCUT2D eigenvalue weighted by atomic mass is 32.2. The molecule has 574 valence electrons. The van der Waals surface area contributed by atoms with Crippen LogP contribution in [0, 0.1) is 20.2 Å². The van der Waals surface area contributed by atoms with Crippen LogP contribution >= 0.6 is 0 Å². The zero-order chi connectivity index (χ0) is 75.5. The number of hydrogen-bond donors (Lipinski definition) is 3. The smallest absolute Gasteiger partial charge is 0.296 e. The molecule has 106 heavy (non-hydrogen) atoms. The molecule has 0 aliphatic heterocycles. The van der Waals surface area contributed by atoms with Crippen LogP contribution in [-0.2, 0) is 20.0 Å². The van der Waals surface area contributed by atoms with E-state index in [1.54, 1.807) is 24.3 Å². The Hall–Kier alpha value is -7.66. The third-order valence-electron chi connectivity index (χ3n) is 22.1. The van der Waals surface area contributed by atoms with Crippen LogP contribution in [0.5, 0.6) is 0 Å². The lowest BCUT2D eigenvalue weighted by atomic mass is 9.84. The van der Waals surface area contributed by atoms with Crippen LogP contribution in [0.3, 0.4) is 0 Å². The minimum Gasteiger partial charge on any atom is -0.398 e. The molecule has 20 nitrogen and oxygen atoms in total. The normalized spacial score (nSPS) is 12.5. The van der Waals surface area contributed by atoms with Gasteiger partial charge in [-0.25, -0.2) is 31.5 Å². The van der Waals surface area contributed by atoms with Gasteiger partial charge in [-0.15, -0.1) is 0 Å². The number of nitro groups is 2. The van der Waals surface area contributed by atoms with E-state index in [9.17, 15) is 37.1 Å². The molecular weight excluding hydrogens is 1370 g/mol. The number of imidazole rings is 2. The van der Waals surface area contributed by atoms with Gasteiger partial charge in [-0.05, 0) is 66.4 Å². The quantitative estimate of drug-likeness (QED) is 0.00798. The van der Waals surface area contributed by atoms with Gasteiger partial charge in [0.1, 0.15) is 11.3 Å². The maximum atomic E-state index is 15.3. The molecule has 5 N–H and O–H groups in total. The molecule has 0 aliphatic rings. The summed E-state index contributed by atoms with van der Waals surface area (Å²) in [6.45, 7) is 11.9. The average Bonchev–Trinajstić information content (AvgIpc) is 1.15. The van der Waals surface area contributed by atoms with Crippen molar-refractivity contribution in [1.29, 1.82) is 0 Å². The number of nitrogens with zero attached hydrogens (tertiary/aromatic N) is 7. The molecule has 7 aromatic carbocycles. The van der Waals surface area contributed by atoms with Crippen molar-refractivity contribution in [3.05, 3.63) is 102 Å². The number of sulfonamides is 2. The number of nitrogen functional groups attached to an aromatic ring is 2. The Bertz CT molecular complexity index is 5120. The number of nitro benzene ring substituents is 2. The summed E-state index contributed by atoms with van der Waals surface area (Å²) >= 11 is 0. The van der Waals surface area contributed by atoms with Crippen molar-refractivity contribution < 1.29 is 26.7 Å². The van der Waals surface area contributed by atoms with Crippen LogP contribution < -0.4 is 27.3 Å². The number of benzene rings is 7. The van der Waals surface area contributed by atoms with Crippen LogP contribution in [0.25, 0.3) is 98.0 Å². The van der Waals surface area contributed by atoms with Crippen molar-refractivity contribution in [2.75, 3.05) is 31.1 Å². The summed E-state index contributed by atoms with van der Waals surface area (Å²) in [6.07, 6.45) is 47.0. The zero-order valence-corrected chi connectivity index (χ0v) is 65.5. The highest BCUT2D eigenvalue weighted by molar-refractivity contribution is 7.89. The van der Waals surface area contributed by atoms with Gasteiger partial charge in [-0.3, -0.25) is 38.6 Å². The molecular formula is C84H116N10O10S2. The van der Waals surface area contributed by atoms with Crippen molar-refractivity contribution in [2.24, 2.45) is 0 Å². The fraction of sp³-hybridized carbons (Fsp3) is 0.571. The topological polar surface area (TPSA) is 291 Å². The summed E-state index contributed by atoms with van der Waals surface area (Å²) in [5.74, 6) is 0. The molecule has 0 amide bonds. The van der Waals surface area contributed by atoms with Crippen LogP contribution in [0.15, 0.2) is 80.0 Å². The Morgan fingerprint density at radius 2 is 0.745 bits per heavy atom. The van der Waals surface area contributed by atoms with E-state index in [0.29, 0.717) is 67.7 Å². The van der Waals surface area contributed by atoms with Crippen molar-refractivity contribution >= 4 is 141 Å². The van der Waals surface area contributed by atoms with E-state index in [4.69, 9.17) is 21.4 Å². The molecule has 11 rings (SSSR count). The average molecular weight is 1490 g/mol. The standard InChI is InChI=1S/C72H90N10O10S2.C12H26/c1-4-7-10-13-16-19-22-25-28-31-38-75-93(89,90)47-41-56(74)67-57(42-47)76-69-52-36-34-49-63-55(73)45-53-61-51(37-35-50(65(61)63)64-59(81(85)86)46-54(62(52)66(49)64)72(84)79(67)69)70-77-58-43-48(44-60(82(87)88)68(58)80(70)71(53)83)94(91,92)78(39-32-29-26-23-20-17-14-11-8-5-2)40-33-30-27-24-21-18-15-12-9-6-3;1-3-5-7-9-11-12-10-8-6-4-2/h34-37,41-46,75H,4-33,38-40,73-74H2,1-3H3;3-12H2,1-2H3. The van der Waals surface area contributed by atoms with Gasteiger partial charge in [-0.2, -0.15) is 4.31 Å². The van der Waals surface area contributed by atoms with E-state index in [2.05, 4.69) is 39.3 Å². The third-order valence-corrected chi connectivity index (χ3v) is 25.4. The second kappa shape index (κ2) is 38.4. The molecule has 0 unspecified atom stereocenters. The first-order valence-electron chi connectivity index (χ1n) is 40.7. The predicted octanol–water partition coefficient (Wildman–Crippen LogP) is 22.2.